The molecule has 0 saturated heterocycles. The van der Waals surface area contributed by atoms with Crippen LogP contribution in [0.15, 0.2) is 40.0 Å². The summed E-state index contributed by atoms with van der Waals surface area (Å²) in [5.41, 5.74) is 3.27. The molecule has 0 saturated carbocycles. The zero-order chi connectivity index (χ0) is 13.3. The zero-order valence-electron chi connectivity index (χ0n) is 11.0. The molecule has 0 radical (unpaired) electrons. The number of aromatic nitrogens is 1. The van der Waals surface area contributed by atoms with Crippen LogP contribution in [0.5, 0.6) is 0 Å². The molecule has 2 aromatic rings. The van der Waals surface area contributed by atoms with Gasteiger partial charge in [-0.3, -0.25) is 4.79 Å². The fourth-order valence-electron chi connectivity index (χ4n) is 1.78. The highest BCUT2D eigenvalue weighted by atomic mass is 16.5. The van der Waals surface area contributed by atoms with E-state index in [9.17, 15) is 4.79 Å². The van der Waals surface area contributed by atoms with Crippen LogP contribution in [-0.4, -0.2) is 4.57 Å². The summed E-state index contributed by atoms with van der Waals surface area (Å²) >= 11 is 0. The summed E-state index contributed by atoms with van der Waals surface area (Å²) in [4.78, 5) is 12.2. The monoisotopic (exact) mass is 246 g/mol. The van der Waals surface area contributed by atoms with Crippen LogP contribution < -0.4 is 10.9 Å². The Balaban J connectivity index is 2.33. The maximum absolute atomic E-state index is 12.2. The average molecular weight is 246 g/mol. The molecule has 0 aliphatic carbocycles. The van der Waals surface area contributed by atoms with E-state index >= 15 is 0 Å². The van der Waals surface area contributed by atoms with Crippen molar-refractivity contribution in [2.75, 3.05) is 0 Å². The zero-order valence-corrected chi connectivity index (χ0v) is 11.0. The summed E-state index contributed by atoms with van der Waals surface area (Å²) in [6, 6.07) is 3.72. The molecule has 0 aliphatic heterocycles. The van der Waals surface area contributed by atoms with E-state index in [1.807, 2.05) is 13.0 Å². The van der Waals surface area contributed by atoms with E-state index in [0.717, 1.165) is 16.8 Å². The highest BCUT2D eigenvalue weighted by Gasteiger charge is 2.10. The van der Waals surface area contributed by atoms with Gasteiger partial charge in [0.1, 0.15) is 6.26 Å². The van der Waals surface area contributed by atoms with Gasteiger partial charge in [-0.2, -0.15) is 0 Å². The summed E-state index contributed by atoms with van der Waals surface area (Å²) in [5.74, 6) is 0.348. The number of nitrogens with one attached hydrogen (secondary N) is 1. The number of hydrogen-bond donors (Lipinski definition) is 1. The molecule has 0 amide bonds. The van der Waals surface area contributed by atoms with E-state index < -0.39 is 0 Å². The normalized spacial score (nSPS) is 11.1. The Kier molecular flexibility index (Phi) is 3.28. The smallest absolute Gasteiger partial charge is 0.289 e. The predicted molar refractivity (Wildman–Crippen MR) is 71.5 cm³/mol. The number of nitrogens with zero attached hydrogens (tertiary/aromatic N) is 1. The summed E-state index contributed by atoms with van der Waals surface area (Å²) in [6.07, 6.45) is 1.51. The van der Waals surface area contributed by atoms with Crippen LogP contribution in [0.25, 0.3) is 5.52 Å². The van der Waals surface area contributed by atoms with E-state index in [2.05, 4.69) is 25.7 Å². The second kappa shape index (κ2) is 4.72. The first-order valence-electron chi connectivity index (χ1n) is 6.02. The van der Waals surface area contributed by atoms with Crippen LogP contribution in [0.2, 0.25) is 0 Å². The number of pyridine rings is 1. The molecular formula is C14H18N2O2. The van der Waals surface area contributed by atoms with Crippen molar-refractivity contribution < 1.29 is 4.52 Å². The van der Waals surface area contributed by atoms with Gasteiger partial charge >= 0.3 is 0 Å². The molecule has 96 valence electrons. The average Bonchev–Trinajstić information content (AvgIpc) is 2.76. The third-order valence-electron chi connectivity index (χ3n) is 3.11. The minimum Gasteiger partial charge on any atom is -0.384 e. The van der Waals surface area contributed by atoms with Crippen LogP contribution >= 0.6 is 0 Å². The number of hydrogen-bond acceptors (Lipinski definition) is 3. The van der Waals surface area contributed by atoms with Crippen LogP contribution in [0, 0.1) is 12.8 Å². The predicted octanol–water partition coefficient (Wildman–Crippen LogP) is 2.46. The lowest BCUT2D eigenvalue weighted by Gasteiger charge is -2.13. The molecule has 0 aromatic carbocycles. The summed E-state index contributed by atoms with van der Waals surface area (Å²) in [5, 5.41) is 3.19. The molecule has 4 nitrogen and oxygen atoms in total. The quantitative estimate of drug-likeness (QED) is 0.901. The molecule has 0 unspecified atom stereocenters. The highest BCUT2D eigenvalue weighted by molar-refractivity contribution is 5.48. The van der Waals surface area contributed by atoms with Crippen molar-refractivity contribution in [3.8, 4) is 0 Å². The first-order valence-corrected chi connectivity index (χ1v) is 6.02. The molecule has 0 atom stereocenters. The minimum absolute atomic E-state index is 0.112. The fourth-order valence-corrected chi connectivity index (χ4v) is 1.78. The third-order valence-corrected chi connectivity index (χ3v) is 3.11. The highest BCUT2D eigenvalue weighted by Crippen LogP contribution is 2.10. The first-order chi connectivity index (χ1) is 8.50. The van der Waals surface area contributed by atoms with Gasteiger partial charge in [-0.05, 0) is 24.5 Å². The Hall–Kier alpha value is -1.97. The van der Waals surface area contributed by atoms with Crippen LogP contribution in [0.3, 0.4) is 0 Å². The van der Waals surface area contributed by atoms with E-state index in [0.29, 0.717) is 18.0 Å². The van der Waals surface area contributed by atoms with Crippen molar-refractivity contribution in [2.24, 2.45) is 5.92 Å². The molecular weight excluding hydrogens is 228 g/mol. The SMILES string of the molecule is C=C(NCc1c(C)cc2ccon2c1=O)C(C)C. The standard InChI is InChI=1S/C14H18N2O2/c1-9(2)11(4)15-8-13-10(3)7-12-5-6-18-16(12)14(13)17/h5-7,9,15H,4,8H2,1-3H3. The Labute approximate surface area is 106 Å². The molecule has 4 heteroatoms. The van der Waals surface area contributed by atoms with E-state index in [-0.39, 0.29) is 5.56 Å². The van der Waals surface area contributed by atoms with Crippen molar-refractivity contribution in [3.05, 3.63) is 52.2 Å². The molecule has 0 spiro atoms. The van der Waals surface area contributed by atoms with Crippen molar-refractivity contribution >= 4 is 5.52 Å². The minimum atomic E-state index is -0.112. The molecule has 18 heavy (non-hydrogen) atoms. The van der Waals surface area contributed by atoms with E-state index in [1.165, 1.54) is 10.8 Å². The molecule has 0 bridgehead atoms. The van der Waals surface area contributed by atoms with Gasteiger partial charge in [0, 0.05) is 23.9 Å². The fraction of sp³-hybridized carbons (Fsp3) is 0.357. The third kappa shape index (κ3) is 2.18. The first kappa shape index (κ1) is 12.5. The van der Waals surface area contributed by atoms with Gasteiger partial charge in [-0.15, -0.1) is 4.57 Å². The lowest BCUT2D eigenvalue weighted by Crippen LogP contribution is -2.25. The largest absolute Gasteiger partial charge is 0.384 e. The van der Waals surface area contributed by atoms with Crippen molar-refractivity contribution in [2.45, 2.75) is 27.3 Å². The Morgan fingerprint density at radius 2 is 2.28 bits per heavy atom. The number of aryl methyl sites for hydroxylation is 1. The van der Waals surface area contributed by atoms with Gasteiger partial charge in [0.25, 0.3) is 5.56 Å². The molecule has 1 N–H and O–H groups in total. The lowest BCUT2D eigenvalue weighted by molar-refractivity contribution is 0.363. The maximum Gasteiger partial charge on any atom is 0.289 e. The van der Waals surface area contributed by atoms with Gasteiger partial charge in [-0.25, -0.2) is 0 Å². The molecule has 2 heterocycles. The van der Waals surface area contributed by atoms with E-state index in [1.54, 1.807) is 6.07 Å². The summed E-state index contributed by atoms with van der Waals surface area (Å²) in [7, 11) is 0. The maximum atomic E-state index is 12.2. The lowest BCUT2D eigenvalue weighted by atomic mass is 10.1. The Bertz CT molecular complexity index is 635. The van der Waals surface area contributed by atoms with Crippen LogP contribution in [0.1, 0.15) is 25.0 Å². The van der Waals surface area contributed by atoms with Gasteiger partial charge in [0.05, 0.1) is 5.52 Å². The molecule has 2 rings (SSSR count). The van der Waals surface area contributed by atoms with Crippen molar-refractivity contribution in [3.63, 3.8) is 0 Å². The number of fused-ring (bicyclic) bond motifs is 1. The molecule has 0 fully saturated rings. The Morgan fingerprint density at radius 3 is 2.94 bits per heavy atom. The van der Waals surface area contributed by atoms with Gasteiger partial charge in [-0.1, -0.05) is 20.4 Å². The van der Waals surface area contributed by atoms with Crippen LogP contribution in [-0.2, 0) is 6.54 Å². The second-order valence-corrected chi connectivity index (χ2v) is 4.77. The number of allylic oxidation sites excluding steroid dienone is 1. The number of rotatable bonds is 4. The second-order valence-electron chi connectivity index (χ2n) is 4.77. The van der Waals surface area contributed by atoms with Crippen molar-refractivity contribution in [1.29, 1.82) is 0 Å². The van der Waals surface area contributed by atoms with Gasteiger partial charge < -0.3 is 9.84 Å². The van der Waals surface area contributed by atoms with E-state index in [4.69, 9.17) is 4.52 Å². The van der Waals surface area contributed by atoms with Crippen LogP contribution in [0.4, 0.5) is 0 Å². The summed E-state index contributed by atoms with van der Waals surface area (Å²) < 4.78 is 6.46. The van der Waals surface area contributed by atoms with Gasteiger partial charge in [0.15, 0.2) is 0 Å². The molecule has 0 aliphatic rings. The summed E-state index contributed by atoms with van der Waals surface area (Å²) in [6.45, 7) is 10.5. The van der Waals surface area contributed by atoms with Gasteiger partial charge in [0.2, 0.25) is 0 Å². The topological polar surface area (TPSA) is 46.7 Å². The van der Waals surface area contributed by atoms with Crippen molar-refractivity contribution in [1.82, 2.24) is 9.89 Å². The molecule has 2 aromatic heterocycles. The Morgan fingerprint density at radius 1 is 1.56 bits per heavy atom.